The van der Waals surface area contributed by atoms with Crippen molar-refractivity contribution in [2.75, 3.05) is 24.7 Å². The van der Waals surface area contributed by atoms with Crippen LogP contribution >= 0.6 is 25.3 Å². The second kappa shape index (κ2) is 22.3. The van der Waals surface area contributed by atoms with Gasteiger partial charge in [0.2, 0.25) is 17.7 Å². The van der Waals surface area contributed by atoms with Crippen LogP contribution in [0.25, 0.3) is 0 Å². The van der Waals surface area contributed by atoms with Gasteiger partial charge in [0.25, 0.3) is 5.91 Å². The largest absolute Gasteiger partial charge is 0.464 e. The van der Waals surface area contributed by atoms with Crippen LogP contribution in [0.1, 0.15) is 47.5 Å². The summed E-state index contributed by atoms with van der Waals surface area (Å²) in [4.78, 5) is 60.8. The first-order chi connectivity index (χ1) is 17.9. The normalized spacial score (nSPS) is 20.4. The highest BCUT2D eigenvalue weighted by Crippen LogP contribution is 2.05. The van der Waals surface area contributed by atoms with Crippen LogP contribution in [0.2, 0.25) is 0 Å². The van der Waals surface area contributed by atoms with Crippen molar-refractivity contribution in [3.8, 4) is 0 Å². The zero-order valence-electron chi connectivity index (χ0n) is 23.0. The molecule has 0 unspecified atom stereocenters. The molecule has 1 aliphatic rings. The van der Waals surface area contributed by atoms with Crippen molar-refractivity contribution in [2.45, 2.75) is 59.5 Å². The van der Waals surface area contributed by atoms with Crippen LogP contribution in [0.4, 0.5) is 0 Å². The number of cyclic esters (lactones) is 1. The van der Waals surface area contributed by atoms with E-state index in [0.717, 1.165) is 12.2 Å². The van der Waals surface area contributed by atoms with E-state index in [4.69, 9.17) is 4.74 Å². The Morgan fingerprint density at radius 2 is 1.63 bits per heavy atom. The van der Waals surface area contributed by atoms with Crippen LogP contribution in [-0.2, 0) is 28.7 Å². The van der Waals surface area contributed by atoms with E-state index in [2.05, 4.69) is 73.5 Å². The first-order valence-corrected chi connectivity index (χ1v) is 13.6. The summed E-state index contributed by atoms with van der Waals surface area (Å²) >= 11 is 8.00. The molecule has 1 aliphatic heterocycles. The summed E-state index contributed by atoms with van der Waals surface area (Å²) in [6.45, 7) is 15.7. The number of amides is 4. The number of esters is 1. The molecule has 1 saturated heterocycles. The lowest BCUT2D eigenvalue weighted by molar-refractivity contribution is -0.144. The van der Waals surface area contributed by atoms with Gasteiger partial charge in [-0.05, 0) is 30.9 Å². The smallest absolute Gasteiger partial charge is 0.325 e. The van der Waals surface area contributed by atoms with E-state index < -0.39 is 48.2 Å². The Morgan fingerprint density at radius 1 is 1.03 bits per heavy atom. The highest BCUT2D eigenvalue weighted by atomic mass is 32.1. The van der Waals surface area contributed by atoms with Gasteiger partial charge in [0.15, 0.2) is 0 Å². The highest BCUT2D eigenvalue weighted by molar-refractivity contribution is 7.80. The molecule has 0 radical (unpaired) electrons. The summed E-state index contributed by atoms with van der Waals surface area (Å²) in [6.07, 6.45) is 6.00. The summed E-state index contributed by atoms with van der Waals surface area (Å²) in [5.74, 6) is -1.85. The van der Waals surface area contributed by atoms with Crippen LogP contribution in [-0.4, -0.2) is 66.3 Å². The van der Waals surface area contributed by atoms with Gasteiger partial charge in [-0.15, -0.1) is 13.2 Å². The topological polar surface area (TPSA) is 143 Å². The third-order valence-corrected chi connectivity index (χ3v) is 5.29. The Labute approximate surface area is 237 Å². The van der Waals surface area contributed by atoms with Crippen molar-refractivity contribution < 1.29 is 28.7 Å². The zero-order chi connectivity index (χ0) is 29.7. The molecule has 0 aromatic rings. The lowest BCUT2D eigenvalue weighted by Gasteiger charge is -2.25. The Balaban J connectivity index is 0. The molecule has 12 heteroatoms. The lowest BCUT2D eigenvalue weighted by Crippen LogP contribution is -2.56. The van der Waals surface area contributed by atoms with Gasteiger partial charge in [0, 0.05) is 5.75 Å². The molecule has 4 amide bonds. The maximum absolute atomic E-state index is 12.6. The van der Waals surface area contributed by atoms with Crippen molar-refractivity contribution in [3.63, 3.8) is 0 Å². The number of carbonyl (C=O) groups is 5. The van der Waals surface area contributed by atoms with Gasteiger partial charge >= 0.3 is 5.97 Å². The Kier molecular flexibility index (Phi) is 21.9. The van der Waals surface area contributed by atoms with Crippen LogP contribution in [0.3, 0.4) is 0 Å². The van der Waals surface area contributed by atoms with E-state index in [0.29, 0.717) is 5.92 Å². The zero-order valence-corrected chi connectivity index (χ0v) is 24.8. The van der Waals surface area contributed by atoms with Crippen LogP contribution in [0.5, 0.6) is 0 Å². The summed E-state index contributed by atoms with van der Waals surface area (Å²) in [6, 6.07) is -1.93. The number of nitrogens with one attached hydrogen (secondary N) is 4. The van der Waals surface area contributed by atoms with Gasteiger partial charge in [-0.3, -0.25) is 24.0 Å². The van der Waals surface area contributed by atoms with Gasteiger partial charge in [0.05, 0.1) is 6.42 Å². The molecule has 0 aliphatic carbocycles. The van der Waals surface area contributed by atoms with Crippen LogP contribution in [0, 0.1) is 11.8 Å². The fraction of sp³-hybridized carbons (Fsp3) is 0.577. The molecule has 1 fully saturated rings. The fourth-order valence-electron chi connectivity index (χ4n) is 2.36. The van der Waals surface area contributed by atoms with E-state index in [1.54, 1.807) is 13.8 Å². The maximum Gasteiger partial charge on any atom is 0.325 e. The predicted molar refractivity (Wildman–Crippen MR) is 157 cm³/mol. The summed E-state index contributed by atoms with van der Waals surface area (Å²) < 4.78 is 4.88. The van der Waals surface area contributed by atoms with Crippen molar-refractivity contribution in [1.29, 1.82) is 0 Å². The van der Waals surface area contributed by atoms with Gasteiger partial charge in [-0.2, -0.15) is 25.3 Å². The predicted octanol–water partition coefficient (Wildman–Crippen LogP) is 1.95. The van der Waals surface area contributed by atoms with Gasteiger partial charge in [-0.1, -0.05) is 45.9 Å². The first-order valence-electron chi connectivity index (χ1n) is 12.3. The molecule has 10 nitrogen and oxygen atoms in total. The minimum absolute atomic E-state index is 0.0265. The number of rotatable bonds is 5. The number of thiol groups is 2. The number of hydrogen-bond donors (Lipinski definition) is 6. The fourth-order valence-corrected chi connectivity index (χ4v) is 2.80. The van der Waals surface area contributed by atoms with Crippen molar-refractivity contribution in [2.24, 2.45) is 11.8 Å². The molecule has 0 spiro atoms. The van der Waals surface area contributed by atoms with Gasteiger partial charge in [0.1, 0.15) is 30.9 Å². The SMILES string of the molecule is C/C=C1\NC(=O)[C@@H](CS)NC(=O)[C@@H](C(C)C)NC(=O)CCOC(=O)CNC1=O.C=CC(C)C.C=CCCS. The Bertz CT molecular complexity index is 831. The Morgan fingerprint density at radius 3 is 2.05 bits per heavy atom. The van der Waals surface area contributed by atoms with Gasteiger partial charge in [-0.25, -0.2) is 0 Å². The second-order valence-corrected chi connectivity index (χ2v) is 9.47. The molecule has 2 atom stereocenters. The average Bonchev–Trinajstić information content (AvgIpc) is 2.87. The molecule has 0 saturated carbocycles. The van der Waals surface area contributed by atoms with Crippen LogP contribution in [0.15, 0.2) is 37.1 Å². The number of hydrogen-bond acceptors (Lipinski definition) is 8. The third-order valence-electron chi connectivity index (χ3n) is 4.66. The molecule has 1 heterocycles. The molecular weight excluding hydrogens is 528 g/mol. The Hall–Kier alpha value is -2.73. The molecule has 216 valence electrons. The van der Waals surface area contributed by atoms with Gasteiger partial charge < -0.3 is 26.0 Å². The van der Waals surface area contributed by atoms with Crippen molar-refractivity contribution in [1.82, 2.24) is 21.3 Å². The molecule has 0 aromatic heterocycles. The summed E-state index contributed by atoms with van der Waals surface area (Å²) in [7, 11) is 0. The minimum atomic E-state index is -1.03. The second-order valence-electron chi connectivity index (χ2n) is 8.66. The summed E-state index contributed by atoms with van der Waals surface area (Å²) in [5.41, 5.74) is -0.0837. The maximum atomic E-state index is 12.6. The molecule has 38 heavy (non-hydrogen) atoms. The quantitative estimate of drug-likeness (QED) is 0.129. The number of carbonyl (C=O) groups excluding carboxylic acids is 5. The summed E-state index contributed by atoms with van der Waals surface area (Å²) in [5, 5.41) is 9.80. The monoisotopic (exact) mass is 572 g/mol. The first kappa shape index (κ1) is 37.4. The van der Waals surface area contributed by atoms with Crippen LogP contribution < -0.4 is 21.3 Å². The van der Waals surface area contributed by atoms with E-state index in [-0.39, 0.29) is 30.4 Å². The van der Waals surface area contributed by atoms with E-state index in [9.17, 15) is 24.0 Å². The standard InChI is InChI=1S/C17H26N4O6S.C5H10.C4H8S/c1-4-10-15(24)18-7-13(23)27-6-5-12(22)21-14(9(2)3)17(26)20-11(8-28)16(25)19-10;1-4-5(2)3;1-2-3-4-5/h4,9,11,14,28H,5-8H2,1-3H3,(H,18,24)(H,19,25)(H,20,26)(H,21,22);4-5H,1H2,2-3H3;2,5H,1,3-4H2/b10-4-;;/t11-,14-;;/m1../s1. The molecular formula is C26H44N4O6S2. The van der Waals surface area contributed by atoms with Crippen molar-refractivity contribution >= 4 is 54.9 Å². The van der Waals surface area contributed by atoms with E-state index >= 15 is 0 Å². The van der Waals surface area contributed by atoms with E-state index in [1.165, 1.54) is 13.0 Å². The average molecular weight is 573 g/mol. The number of allylic oxidation sites excluding steroid dienone is 3. The molecule has 0 aromatic carbocycles. The minimum Gasteiger partial charge on any atom is -0.464 e. The molecule has 4 N–H and O–H groups in total. The van der Waals surface area contributed by atoms with Crippen molar-refractivity contribution in [3.05, 3.63) is 37.1 Å². The lowest BCUT2D eigenvalue weighted by atomic mass is 10.0. The number of ether oxygens (including phenoxy) is 1. The molecule has 0 bridgehead atoms. The molecule has 1 rings (SSSR count). The third kappa shape index (κ3) is 17.7. The highest BCUT2D eigenvalue weighted by Gasteiger charge is 2.29. The van der Waals surface area contributed by atoms with E-state index in [1.807, 2.05) is 12.2 Å².